The van der Waals surface area contributed by atoms with Crippen LogP contribution in [0.2, 0.25) is 0 Å². The summed E-state index contributed by atoms with van der Waals surface area (Å²) in [7, 11) is 0. The number of para-hydroxylation sites is 1. The van der Waals surface area contributed by atoms with Crippen molar-refractivity contribution in [2.75, 3.05) is 18.1 Å². The Morgan fingerprint density at radius 1 is 0.773 bits per heavy atom. The number of carbonyl (C=O) groups excluding carboxylic acids is 2. The molecule has 0 aromatic heterocycles. The molecule has 4 rings (SSSR count). The molecule has 3 aliphatic rings. The average Bonchev–Trinajstić information content (AvgIpc) is 3.57. The molecule has 1 fully saturated rings. The van der Waals surface area contributed by atoms with Crippen molar-refractivity contribution in [1.82, 2.24) is 0 Å². The number of anilines is 1. The third-order valence-electron chi connectivity index (χ3n) is 10.7. The molecule has 0 amide bonds. The van der Waals surface area contributed by atoms with Gasteiger partial charge in [-0.2, -0.15) is 0 Å². The van der Waals surface area contributed by atoms with Crippen molar-refractivity contribution >= 4 is 17.3 Å². The summed E-state index contributed by atoms with van der Waals surface area (Å²) < 4.78 is 5.97. The fraction of sp³-hybridized carbons (Fsp3) is 0.744. The Bertz CT molecular complexity index is 1110. The van der Waals surface area contributed by atoms with Crippen LogP contribution in [0.4, 0.5) is 5.69 Å². The van der Waals surface area contributed by atoms with Gasteiger partial charge in [-0.3, -0.25) is 9.59 Å². The van der Waals surface area contributed by atoms with Gasteiger partial charge in [0.1, 0.15) is 11.0 Å². The van der Waals surface area contributed by atoms with Crippen molar-refractivity contribution in [1.29, 1.82) is 0 Å². The minimum absolute atomic E-state index is 0.0340. The van der Waals surface area contributed by atoms with Crippen molar-refractivity contribution in [2.24, 2.45) is 5.41 Å². The predicted octanol–water partition coefficient (Wildman–Crippen LogP) is 9.74. The summed E-state index contributed by atoms with van der Waals surface area (Å²) in [5.74, 6) is -0.102. The third kappa shape index (κ3) is 8.23. The largest absolute Gasteiger partial charge is 0.380 e. The van der Waals surface area contributed by atoms with Gasteiger partial charge in [0, 0.05) is 29.8 Å². The number of unbranched alkanes of at least 4 members (excludes halogenated alkanes) is 18. The van der Waals surface area contributed by atoms with Crippen LogP contribution in [0, 0.1) is 5.41 Å². The number of ketones is 2. The topological polar surface area (TPSA) is 66.8 Å². The fourth-order valence-electron chi connectivity index (χ4n) is 7.91. The Morgan fingerprint density at radius 3 is 1.82 bits per heavy atom. The molecule has 2 aliphatic heterocycles. The van der Waals surface area contributed by atoms with Gasteiger partial charge in [-0.05, 0) is 38.3 Å². The Morgan fingerprint density at radius 2 is 1.27 bits per heavy atom. The van der Waals surface area contributed by atoms with E-state index in [1.54, 1.807) is 6.92 Å². The Balaban J connectivity index is 1.07. The number of ether oxygens (including phenoxy) is 1. The molecule has 0 bridgehead atoms. The summed E-state index contributed by atoms with van der Waals surface area (Å²) in [6.07, 6.45) is 26.1. The van der Waals surface area contributed by atoms with Crippen LogP contribution < -0.4 is 4.90 Å². The Labute approximate surface area is 268 Å². The van der Waals surface area contributed by atoms with Crippen LogP contribution in [0.3, 0.4) is 0 Å². The molecule has 0 saturated carbocycles. The van der Waals surface area contributed by atoms with Crippen LogP contribution in [0.5, 0.6) is 0 Å². The molecule has 0 unspecified atom stereocenters. The first-order valence-electron chi connectivity index (χ1n) is 18.3. The molecular formula is C39H61NO4. The second-order valence-corrected chi connectivity index (χ2v) is 14.3. The molecule has 0 radical (unpaired) electrons. The molecule has 5 heteroatoms. The van der Waals surface area contributed by atoms with Gasteiger partial charge in [0.2, 0.25) is 0 Å². The number of benzene rings is 1. The van der Waals surface area contributed by atoms with E-state index >= 15 is 0 Å². The second-order valence-electron chi connectivity index (χ2n) is 14.3. The van der Waals surface area contributed by atoms with E-state index in [1.165, 1.54) is 109 Å². The lowest BCUT2D eigenvalue weighted by Gasteiger charge is -2.34. The summed E-state index contributed by atoms with van der Waals surface area (Å²) in [5, 5.41) is 11.4. The normalized spacial score (nSPS) is 24.5. The number of nitrogens with zero attached hydrogens (tertiary/aromatic N) is 1. The van der Waals surface area contributed by atoms with Crippen molar-refractivity contribution in [3.63, 3.8) is 0 Å². The lowest BCUT2D eigenvalue weighted by atomic mass is 9.82. The van der Waals surface area contributed by atoms with Gasteiger partial charge in [-0.25, -0.2) is 0 Å². The Kier molecular flexibility index (Phi) is 13.5. The molecule has 44 heavy (non-hydrogen) atoms. The number of carbonyl (C=O) groups is 2. The van der Waals surface area contributed by atoms with E-state index in [-0.39, 0.29) is 18.1 Å². The van der Waals surface area contributed by atoms with E-state index < -0.39 is 17.2 Å². The molecule has 1 N–H and O–H groups in total. The molecule has 5 nitrogen and oxygen atoms in total. The van der Waals surface area contributed by atoms with Crippen molar-refractivity contribution in [3.8, 4) is 0 Å². The van der Waals surface area contributed by atoms with Crippen molar-refractivity contribution in [3.05, 3.63) is 41.0 Å². The number of rotatable bonds is 22. The van der Waals surface area contributed by atoms with Crippen LogP contribution in [-0.2, 0) is 19.9 Å². The SMILES string of the molecule is CCCCCCCCCCCCCCCCCCCCCC1=C(C)C(=O)[C@](C)(CN2c3ccccc3[C@]3(O)CCO[C@H]23)C1=O. The summed E-state index contributed by atoms with van der Waals surface area (Å²) >= 11 is 0. The number of aliphatic hydroxyl groups is 1. The zero-order chi connectivity index (χ0) is 31.4. The summed E-state index contributed by atoms with van der Waals surface area (Å²) in [6.45, 7) is 6.60. The van der Waals surface area contributed by atoms with Crippen molar-refractivity contribution < 1.29 is 19.4 Å². The van der Waals surface area contributed by atoms with E-state index in [4.69, 9.17) is 4.74 Å². The van der Waals surface area contributed by atoms with Crippen LogP contribution in [-0.4, -0.2) is 36.1 Å². The van der Waals surface area contributed by atoms with Crippen LogP contribution in [0.1, 0.15) is 161 Å². The maximum atomic E-state index is 13.7. The predicted molar refractivity (Wildman–Crippen MR) is 181 cm³/mol. The zero-order valence-corrected chi connectivity index (χ0v) is 28.3. The van der Waals surface area contributed by atoms with E-state index in [0.29, 0.717) is 25.0 Å². The summed E-state index contributed by atoms with van der Waals surface area (Å²) in [5.41, 5.74) is 0.830. The highest BCUT2D eigenvalue weighted by Gasteiger charge is 2.58. The molecule has 1 saturated heterocycles. The van der Waals surface area contributed by atoms with Gasteiger partial charge in [0.25, 0.3) is 0 Å². The minimum Gasteiger partial charge on any atom is -0.380 e. The summed E-state index contributed by atoms with van der Waals surface area (Å²) in [6, 6.07) is 7.76. The number of allylic oxidation sites excluding steroid dienone is 2. The summed E-state index contributed by atoms with van der Waals surface area (Å²) in [4.78, 5) is 29.2. The standard InChI is InChI=1S/C39H61NO4/c1-4-5-6-7-8-9-10-11-12-13-14-15-16-17-18-19-20-21-22-25-32-31(2)35(41)38(3,36(32)42)30-40-34-27-24-23-26-33(34)39(43)28-29-44-37(39)40/h23-24,26-27,37,43H,4-22,25,28-30H2,1-3H3/t37-,38-,39+/m0/s1. The van der Waals surface area contributed by atoms with Gasteiger partial charge in [0.05, 0.1) is 6.61 Å². The highest BCUT2D eigenvalue weighted by molar-refractivity contribution is 6.27. The van der Waals surface area contributed by atoms with Gasteiger partial charge in [0.15, 0.2) is 17.8 Å². The molecular weight excluding hydrogens is 546 g/mol. The molecule has 2 heterocycles. The smallest absolute Gasteiger partial charge is 0.174 e. The van der Waals surface area contributed by atoms with E-state index in [9.17, 15) is 14.7 Å². The van der Waals surface area contributed by atoms with Crippen LogP contribution in [0.15, 0.2) is 35.4 Å². The molecule has 1 aromatic carbocycles. The van der Waals surface area contributed by atoms with E-state index in [2.05, 4.69) is 6.92 Å². The fourth-order valence-corrected chi connectivity index (χ4v) is 7.91. The van der Waals surface area contributed by atoms with Gasteiger partial charge in [-0.1, -0.05) is 141 Å². The third-order valence-corrected chi connectivity index (χ3v) is 10.7. The molecule has 1 aliphatic carbocycles. The number of fused-ring (bicyclic) bond motifs is 3. The number of Topliss-reactive ketones (excluding diaryl/α,β-unsaturated/α-hetero) is 2. The second kappa shape index (κ2) is 17.1. The van der Waals surface area contributed by atoms with E-state index in [1.807, 2.05) is 36.1 Å². The van der Waals surface area contributed by atoms with E-state index in [0.717, 1.165) is 29.7 Å². The Hall–Kier alpha value is -1.98. The maximum absolute atomic E-state index is 13.7. The lowest BCUT2D eigenvalue weighted by Crippen LogP contribution is -2.50. The quantitative estimate of drug-likeness (QED) is 0.105. The van der Waals surface area contributed by atoms with Crippen LogP contribution in [0.25, 0.3) is 0 Å². The number of hydrogen-bond donors (Lipinski definition) is 1. The first kappa shape index (κ1) is 34.9. The maximum Gasteiger partial charge on any atom is 0.174 e. The first-order chi connectivity index (χ1) is 21.3. The van der Waals surface area contributed by atoms with Crippen molar-refractivity contribution in [2.45, 2.75) is 167 Å². The van der Waals surface area contributed by atoms with Gasteiger partial charge >= 0.3 is 0 Å². The molecule has 0 spiro atoms. The lowest BCUT2D eigenvalue weighted by molar-refractivity contribution is -0.133. The average molecular weight is 608 g/mol. The highest BCUT2D eigenvalue weighted by atomic mass is 16.5. The first-order valence-corrected chi connectivity index (χ1v) is 18.3. The van der Waals surface area contributed by atoms with Gasteiger partial charge < -0.3 is 14.7 Å². The highest BCUT2D eigenvalue weighted by Crippen LogP contribution is 2.51. The monoisotopic (exact) mass is 607 g/mol. The number of hydrogen-bond acceptors (Lipinski definition) is 5. The molecule has 3 atom stereocenters. The van der Waals surface area contributed by atoms with Crippen LogP contribution >= 0.6 is 0 Å². The molecule has 1 aromatic rings. The zero-order valence-electron chi connectivity index (χ0n) is 28.3. The molecule has 246 valence electrons. The van der Waals surface area contributed by atoms with Gasteiger partial charge in [-0.15, -0.1) is 0 Å². The minimum atomic E-state index is -1.14.